The van der Waals surface area contributed by atoms with E-state index >= 15 is 0 Å². The second kappa shape index (κ2) is 6.41. The molecule has 1 fully saturated rings. The van der Waals surface area contributed by atoms with Gasteiger partial charge in [-0.2, -0.15) is 0 Å². The van der Waals surface area contributed by atoms with Gasteiger partial charge in [-0.25, -0.2) is 0 Å². The van der Waals surface area contributed by atoms with Gasteiger partial charge in [0.05, 0.1) is 0 Å². The number of carbonyl (C=O) groups excluding carboxylic acids is 1. The zero-order valence-electron chi connectivity index (χ0n) is 12.3. The molecular weight excluding hydrogens is 280 g/mol. The Morgan fingerprint density at radius 2 is 1.95 bits per heavy atom. The van der Waals surface area contributed by atoms with Gasteiger partial charge in [0.15, 0.2) is 0 Å². The van der Waals surface area contributed by atoms with Crippen molar-refractivity contribution in [2.24, 2.45) is 0 Å². The fraction of sp³-hybridized carbons (Fsp3) is 0.353. The lowest BCUT2D eigenvalue weighted by atomic mass is 10.2. The first-order valence-corrected chi connectivity index (χ1v) is 8.19. The number of hydrogen-bond donors (Lipinski definition) is 1. The number of thiophene rings is 1. The summed E-state index contributed by atoms with van der Waals surface area (Å²) in [6, 6.07) is 12.6. The smallest absolute Gasteiger partial charge is 0.227 e. The quantitative estimate of drug-likeness (QED) is 0.917. The molecule has 110 valence electrons. The highest BCUT2D eigenvalue weighted by molar-refractivity contribution is 7.11. The monoisotopic (exact) mass is 300 g/mol. The van der Waals surface area contributed by atoms with E-state index in [2.05, 4.69) is 48.6 Å². The number of carbonyl (C=O) groups is 1. The van der Waals surface area contributed by atoms with Crippen molar-refractivity contribution >= 4 is 22.9 Å². The average molecular weight is 300 g/mol. The van der Waals surface area contributed by atoms with Crippen LogP contribution in [0.5, 0.6) is 0 Å². The van der Waals surface area contributed by atoms with E-state index in [1.54, 1.807) is 0 Å². The van der Waals surface area contributed by atoms with Crippen molar-refractivity contribution in [3.05, 3.63) is 51.7 Å². The molecule has 1 aliphatic heterocycles. The van der Waals surface area contributed by atoms with Crippen LogP contribution in [-0.4, -0.2) is 12.5 Å². The highest BCUT2D eigenvalue weighted by atomic mass is 32.1. The molecule has 2 aromatic rings. The minimum Gasteiger partial charge on any atom is -0.312 e. The Bertz CT molecular complexity index is 618. The Morgan fingerprint density at radius 1 is 1.14 bits per heavy atom. The predicted molar refractivity (Wildman–Crippen MR) is 87.6 cm³/mol. The van der Waals surface area contributed by atoms with Gasteiger partial charge in [0.1, 0.15) is 0 Å². The Hall–Kier alpha value is -1.65. The lowest BCUT2D eigenvalue weighted by Gasteiger charge is -2.16. The molecular formula is C17H20N2OS. The Labute approximate surface area is 129 Å². The zero-order chi connectivity index (χ0) is 14.7. The van der Waals surface area contributed by atoms with Gasteiger partial charge >= 0.3 is 0 Å². The van der Waals surface area contributed by atoms with Crippen molar-refractivity contribution in [1.29, 1.82) is 0 Å². The molecule has 1 amide bonds. The number of rotatable bonds is 5. The second-order valence-corrected chi connectivity index (χ2v) is 6.80. The molecule has 0 saturated carbocycles. The van der Waals surface area contributed by atoms with Crippen LogP contribution in [0, 0.1) is 6.92 Å². The topological polar surface area (TPSA) is 32.3 Å². The van der Waals surface area contributed by atoms with Crippen LogP contribution in [0.1, 0.15) is 28.2 Å². The van der Waals surface area contributed by atoms with Crippen molar-refractivity contribution in [3.8, 4) is 0 Å². The highest BCUT2D eigenvalue weighted by Crippen LogP contribution is 2.21. The lowest BCUT2D eigenvalue weighted by molar-refractivity contribution is -0.117. The molecule has 0 atom stereocenters. The van der Waals surface area contributed by atoms with E-state index < -0.39 is 0 Å². The van der Waals surface area contributed by atoms with Crippen LogP contribution < -0.4 is 10.2 Å². The van der Waals surface area contributed by atoms with Crippen LogP contribution in [0.4, 0.5) is 5.69 Å². The molecule has 1 saturated heterocycles. The normalized spacial score (nSPS) is 14.9. The van der Waals surface area contributed by atoms with Crippen molar-refractivity contribution < 1.29 is 4.79 Å². The first-order valence-electron chi connectivity index (χ1n) is 7.38. The molecule has 0 spiro atoms. The molecule has 21 heavy (non-hydrogen) atoms. The van der Waals surface area contributed by atoms with Crippen LogP contribution in [0.2, 0.25) is 0 Å². The van der Waals surface area contributed by atoms with E-state index in [9.17, 15) is 4.79 Å². The summed E-state index contributed by atoms with van der Waals surface area (Å²) in [5.41, 5.74) is 2.27. The molecule has 0 radical (unpaired) electrons. The number of anilines is 1. The molecule has 2 heterocycles. The maximum atomic E-state index is 11.7. The third-order valence-electron chi connectivity index (χ3n) is 3.75. The summed E-state index contributed by atoms with van der Waals surface area (Å²) in [7, 11) is 0. The number of benzene rings is 1. The Morgan fingerprint density at radius 3 is 2.57 bits per heavy atom. The van der Waals surface area contributed by atoms with Gasteiger partial charge in [-0.3, -0.25) is 4.79 Å². The second-order valence-electron chi connectivity index (χ2n) is 5.43. The van der Waals surface area contributed by atoms with Crippen LogP contribution >= 0.6 is 11.3 Å². The Kier molecular flexibility index (Phi) is 4.36. The molecule has 3 nitrogen and oxygen atoms in total. The zero-order valence-corrected chi connectivity index (χ0v) is 13.1. The van der Waals surface area contributed by atoms with Gasteiger partial charge in [-0.15, -0.1) is 11.3 Å². The maximum Gasteiger partial charge on any atom is 0.227 e. The number of hydrogen-bond acceptors (Lipinski definition) is 3. The van der Waals surface area contributed by atoms with Crippen LogP contribution in [0.3, 0.4) is 0 Å². The van der Waals surface area contributed by atoms with E-state index in [-0.39, 0.29) is 5.91 Å². The third kappa shape index (κ3) is 3.52. The largest absolute Gasteiger partial charge is 0.312 e. The lowest BCUT2D eigenvalue weighted by Crippen LogP contribution is -2.23. The van der Waals surface area contributed by atoms with Crippen molar-refractivity contribution in [1.82, 2.24) is 5.32 Å². The highest BCUT2D eigenvalue weighted by Gasteiger charge is 2.21. The van der Waals surface area contributed by atoms with Crippen LogP contribution in [0.25, 0.3) is 0 Å². The van der Waals surface area contributed by atoms with Gasteiger partial charge in [0, 0.05) is 41.5 Å². The molecule has 1 aliphatic rings. The molecule has 4 heteroatoms. The first kappa shape index (κ1) is 14.3. The maximum absolute atomic E-state index is 11.7. The summed E-state index contributed by atoms with van der Waals surface area (Å²) >= 11 is 1.84. The van der Waals surface area contributed by atoms with Crippen LogP contribution in [0.15, 0.2) is 36.4 Å². The molecule has 1 aromatic heterocycles. The minimum absolute atomic E-state index is 0.244. The van der Waals surface area contributed by atoms with Gasteiger partial charge < -0.3 is 10.2 Å². The van der Waals surface area contributed by atoms with E-state index in [4.69, 9.17) is 0 Å². The fourth-order valence-corrected chi connectivity index (χ4v) is 3.49. The van der Waals surface area contributed by atoms with Gasteiger partial charge in [-0.1, -0.05) is 12.1 Å². The summed E-state index contributed by atoms with van der Waals surface area (Å²) in [6.07, 6.45) is 1.66. The third-order valence-corrected chi connectivity index (χ3v) is 4.75. The average Bonchev–Trinajstić information content (AvgIpc) is 3.09. The summed E-state index contributed by atoms with van der Waals surface area (Å²) < 4.78 is 0. The summed E-state index contributed by atoms with van der Waals surface area (Å²) in [5, 5.41) is 3.46. The molecule has 0 aliphatic carbocycles. The predicted octanol–water partition coefficient (Wildman–Crippen LogP) is 3.47. The number of nitrogens with zero attached hydrogens (tertiary/aromatic N) is 1. The number of aryl methyl sites for hydroxylation is 1. The summed E-state index contributed by atoms with van der Waals surface area (Å²) in [6.45, 7) is 4.75. The summed E-state index contributed by atoms with van der Waals surface area (Å²) in [5.74, 6) is 0.244. The van der Waals surface area contributed by atoms with Crippen molar-refractivity contribution in [2.75, 3.05) is 11.4 Å². The van der Waals surface area contributed by atoms with E-state index in [1.807, 2.05) is 16.2 Å². The van der Waals surface area contributed by atoms with Gasteiger partial charge in [0.25, 0.3) is 0 Å². The van der Waals surface area contributed by atoms with Gasteiger partial charge in [-0.05, 0) is 43.2 Å². The number of amides is 1. The standard InChI is InChI=1S/C17H20N2OS/c1-13-4-9-16(21-13)12-18-11-14-5-7-15(8-6-14)19-10-2-3-17(19)20/h4-9,18H,2-3,10-12H2,1H3. The molecule has 0 unspecified atom stereocenters. The van der Waals surface area contributed by atoms with E-state index in [1.165, 1.54) is 15.3 Å². The first-order chi connectivity index (χ1) is 10.2. The minimum atomic E-state index is 0.244. The molecule has 1 aromatic carbocycles. The summed E-state index contributed by atoms with van der Waals surface area (Å²) in [4.78, 5) is 16.3. The SMILES string of the molecule is Cc1ccc(CNCc2ccc(N3CCCC3=O)cc2)s1. The van der Waals surface area contributed by atoms with Crippen molar-refractivity contribution in [3.63, 3.8) is 0 Å². The van der Waals surface area contributed by atoms with E-state index in [0.717, 1.165) is 31.7 Å². The molecule has 3 rings (SSSR count). The molecule has 0 bridgehead atoms. The molecule has 1 N–H and O–H groups in total. The fourth-order valence-electron chi connectivity index (χ4n) is 2.63. The van der Waals surface area contributed by atoms with Gasteiger partial charge in [0.2, 0.25) is 5.91 Å². The van der Waals surface area contributed by atoms with E-state index in [0.29, 0.717) is 6.42 Å². The van der Waals surface area contributed by atoms with Crippen LogP contribution in [-0.2, 0) is 17.9 Å². The Balaban J connectivity index is 1.53. The van der Waals surface area contributed by atoms with Crippen molar-refractivity contribution in [2.45, 2.75) is 32.9 Å². The number of nitrogens with one attached hydrogen (secondary N) is 1.